The number of rotatable bonds is 10. The summed E-state index contributed by atoms with van der Waals surface area (Å²) in [6, 6.07) is 0. The average Bonchev–Trinajstić information content (AvgIpc) is 2.55. The first-order chi connectivity index (χ1) is 12.9. The Morgan fingerprint density at radius 3 is 1.00 bits per heavy atom. The van der Waals surface area contributed by atoms with Crippen LogP contribution in [0.2, 0.25) is 0 Å². The summed E-state index contributed by atoms with van der Waals surface area (Å²) < 4.78 is 0. The number of carbonyl (C=O) groups excluding carboxylic acids is 4. The maximum absolute atomic E-state index is 10.4. The molecule has 0 atom stereocenters. The van der Waals surface area contributed by atoms with Crippen molar-refractivity contribution in [3.05, 3.63) is 0 Å². The second-order valence-corrected chi connectivity index (χ2v) is 6.83. The fraction of sp³-hybridized carbons (Fsp3) is 0.800. The molecule has 0 aliphatic carbocycles. The van der Waals surface area contributed by atoms with Crippen molar-refractivity contribution >= 4 is 23.5 Å². The van der Waals surface area contributed by atoms with Crippen LogP contribution in [-0.2, 0) is 45.4 Å². The van der Waals surface area contributed by atoms with Crippen molar-refractivity contribution in [2.45, 2.75) is 80.1 Å². The minimum absolute atomic E-state index is 0. The standard InChI is InChI=1S/2C6H10O3.2C4H10O.Zr/c2*1-2-3-5(7)4-6(8)9;2*1-4(2)3-5;/h2*2-4H2,1H3,(H,8,9);2*4-5H,3H2,1-2H3;/q;;;;+2/p-2. The quantitative estimate of drug-likeness (QED) is 0.407. The Balaban J connectivity index is -0.0000000907. The van der Waals surface area contributed by atoms with Crippen LogP contribution in [-0.4, -0.2) is 46.9 Å². The summed E-state index contributed by atoms with van der Waals surface area (Å²) in [6.45, 7) is 12.2. The summed E-state index contributed by atoms with van der Waals surface area (Å²) in [6.07, 6.45) is 1.21. The second kappa shape index (κ2) is 29.3. The Labute approximate surface area is 194 Å². The van der Waals surface area contributed by atoms with Crippen LogP contribution in [0.4, 0.5) is 0 Å². The fourth-order valence-corrected chi connectivity index (χ4v) is 1.06. The molecular formula is C20H38O8Zr. The minimum atomic E-state index is -1.28. The van der Waals surface area contributed by atoms with Crippen LogP contribution in [0, 0.1) is 11.8 Å². The van der Waals surface area contributed by atoms with E-state index in [1.165, 1.54) is 0 Å². The SMILES string of the molecule is CC(C)CO.CC(C)CO.CCCC(=O)CC(=O)[O-].CCCC(=O)CC(=O)[O-].[Zr+2]. The van der Waals surface area contributed by atoms with Crippen LogP contribution < -0.4 is 10.2 Å². The molecule has 0 heterocycles. The van der Waals surface area contributed by atoms with Crippen molar-refractivity contribution in [2.24, 2.45) is 11.8 Å². The zero-order valence-corrected chi connectivity index (χ0v) is 21.1. The third-order valence-corrected chi connectivity index (χ3v) is 2.47. The predicted molar refractivity (Wildman–Crippen MR) is 103 cm³/mol. The van der Waals surface area contributed by atoms with Gasteiger partial charge in [-0.1, -0.05) is 41.5 Å². The van der Waals surface area contributed by atoms with Gasteiger partial charge < -0.3 is 30.0 Å². The van der Waals surface area contributed by atoms with Gasteiger partial charge in [0.2, 0.25) is 0 Å². The number of ketones is 2. The molecule has 0 fully saturated rings. The van der Waals surface area contributed by atoms with Gasteiger partial charge in [-0.3, -0.25) is 9.59 Å². The first-order valence-corrected chi connectivity index (χ1v) is 9.52. The number of Topliss-reactive ketones (excluding diaryl/α,β-unsaturated/α-hetero) is 2. The van der Waals surface area contributed by atoms with Crippen molar-refractivity contribution < 1.29 is 65.8 Å². The van der Waals surface area contributed by atoms with Crippen molar-refractivity contribution in [2.75, 3.05) is 13.2 Å². The number of carboxylic acid groups (broad SMARTS) is 2. The molecule has 0 spiro atoms. The van der Waals surface area contributed by atoms with Gasteiger partial charge in [0.25, 0.3) is 0 Å². The molecule has 0 aliphatic rings. The van der Waals surface area contributed by atoms with Gasteiger partial charge in [-0.15, -0.1) is 0 Å². The molecule has 0 rings (SSSR count). The summed E-state index contributed by atoms with van der Waals surface area (Å²) >= 11 is 0. The van der Waals surface area contributed by atoms with E-state index in [-0.39, 0.29) is 37.8 Å². The molecule has 0 radical (unpaired) electrons. The molecule has 0 amide bonds. The number of carbonyl (C=O) groups is 4. The maximum atomic E-state index is 10.4. The minimum Gasteiger partial charge on any atom is -0.550 e. The van der Waals surface area contributed by atoms with Crippen LogP contribution in [0.15, 0.2) is 0 Å². The number of aliphatic hydroxyl groups excluding tert-OH is 2. The van der Waals surface area contributed by atoms with E-state index in [0.717, 1.165) is 0 Å². The largest absolute Gasteiger partial charge is 2.00 e. The molecule has 0 saturated carbocycles. The van der Waals surface area contributed by atoms with Crippen LogP contribution in [0.1, 0.15) is 80.1 Å². The molecule has 8 nitrogen and oxygen atoms in total. The smallest absolute Gasteiger partial charge is 0.550 e. The van der Waals surface area contributed by atoms with Crippen LogP contribution >= 0.6 is 0 Å². The first kappa shape index (κ1) is 38.7. The van der Waals surface area contributed by atoms with Gasteiger partial charge in [-0.05, 0) is 24.7 Å². The molecule has 0 aromatic carbocycles. The van der Waals surface area contributed by atoms with Crippen molar-refractivity contribution in [1.82, 2.24) is 0 Å². The predicted octanol–water partition coefficient (Wildman–Crippen LogP) is 0.258. The Hall–Kier alpha value is -0.917. The molecule has 2 N–H and O–H groups in total. The van der Waals surface area contributed by atoms with E-state index in [4.69, 9.17) is 10.2 Å². The van der Waals surface area contributed by atoms with E-state index in [1.54, 1.807) is 0 Å². The third kappa shape index (κ3) is 58.4. The summed E-state index contributed by atoms with van der Waals surface area (Å²) in [5.74, 6) is -2.19. The maximum Gasteiger partial charge on any atom is 2.00 e. The van der Waals surface area contributed by atoms with Gasteiger partial charge >= 0.3 is 26.2 Å². The number of hydrogen-bond donors (Lipinski definition) is 2. The van der Waals surface area contributed by atoms with E-state index in [1.807, 2.05) is 41.5 Å². The van der Waals surface area contributed by atoms with E-state index in [2.05, 4.69) is 0 Å². The van der Waals surface area contributed by atoms with Crippen molar-refractivity contribution in [3.63, 3.8) is 0 Å². The van der Waals surface area contributed by atoms with Crippen LogP contribution in [0.25, 0.3) is 0 Å². The first-order valence-electron chi connectivity index (χ1n) is 9.52. The molecule has 9 heteroatoms. The molecule has 0 bridgehead atoms. The number of hydrogen-bond acceptors (Lipinski definition) is 8. The molecule has 0 saturated heterocycles. The Morgan fingerprint density at radius 1 is 0.690 bits per heavy atom. The van der Waals surface area contributed by atoms with E-state index in [0.29, 0.717) is 50.7 Å². The zero-order chi connectivity index (χ0) is 23.1. The zero-order valence-electron chi connectivity index (χ0n) is 18.7. The molecule has 170 valence electrons. The molecule has 0 unspecified atom stereocenters. The van der Waals surface area contributed by atoms with Crippen LogP contribution in [0.5, 0.6) is 0 Å². The van der Waals surface area contributed by atoms with Gasteiger partial charge in [0.05, 0.1) is 0 Å². The second-order valence-electron chi connectivity index (χ2n) is 6.83. The molecule has 0 aromatic heterocycles. The topological polar surface area (TPSA) is 155 Å². The van der Waals surface area contributed by atoms with Gasteiger partial charge in [0.15, 0.2) is 0 Å². The number of aliphatic hydroxyl groups is 2. The third-order valence-electron chi connectivity index (χ3n) is 2.47. The van der Waals surface area contributed by atoms with E-state index < -0.39 is 24.8 Å². The monoisotopic (exact) mass is 496 g/mol. The number of carboxylic acids is 2. The molecule has 0 aliphatic heterocycles. The van der Waals surface area contributed by atoms with Crippen LogP contribution in [0.3, 0.4) is 0 Å². The molecular weight excluding hydrogens is 459 g/mol. The Bertz CT molecular complexity index is 371. The summed E-state index contributed by atoms with van der Waals surface area (Å²) in [5, 5.41) is 35.8. The summed E-state index contributed by atoms with van der Waals surface area (Å²) in [7, 11) is 0. The number of aliphatic carboxylic acids is 2. The van der Waals surface area contributed by atoms with Gasteiger partial charge in [0, 0.05) is 50.8 Å². The normalized spacial score (nSPS) is 8.90. The molecule has 0 aromatic rings. The average molecular weight is 498 g/mol. The van der Waals surface area contributed by atoms with E-state index in [9.17, 15) is 29.4 Å². The fourth-order valence-electron chi connectivity index (χ4n) is 1.06. The van der Waals surface area contributed by atoms with Crippen molar-refractivity contribution in [1.29, 1.82) is 0 Å². The van der Waals surface area contributed by atoms with Gasteiger partial charge in [-0.2, -0.15) is 0 Å². The Morgan fingerprint density at radius 2 is 0.897 bits per heavy atom. The molecule has 29 heavy (non-hydrogen) atoms. The van der Waals surface area contributed by atoms with Gasteiger partial charge in [0.1, 0.15) is 11.6 Å². The van der Waals surface area contributed by atoms with Crippen molar-refractivity contribution in [3.8, 4) is 0 Å². The van der Waals surface area contributed by atoms with E-state index >= 15 is 0 Å². The summed E-state index contributed by atoms with van der Waals surface area (Å²) in [4.78, 5) is 40.4. The summed E-state index contributed by atoms with van der Waals surface area (Å²) in [5.41, 5.74) is 0. The van der Waals surface area contributed by atoms with Gasteiger partial charge in [-0.25, -0.2) is 0 Å². The Kier molecular flexibility index (Phi) is 39.0.